The van der Waals surface area contributed by atoms with E-state index in [4.69, 9.17) is 9.97 Å². The molecule has 2 atom stereocenters. The fourth-order valence-electron chi connectivity index (χ4n) is 5.71. The number of anilines is 1. The maximum Gasteiger partial charge on any atom is 0.138 e. The van der Waals surface area contributed by atoms with Gasteiger partial charge in [-0.2, -0.15) is 0 Å². The molecule has 170 valence electrons. The summed E-state index contributed by atoms with van der Waals surface area (Å²) in [7, 11) is 6.65. The SMILES string of the molecule is Cc1cccnc1C1CCCC(c2cn3c(N4CCC(N(C)C)CC4)cccc3n2)N1C. The first kappa shape index (κ1) is 21.4. The van der Waals surface area contributed by atoms with Gasteiger partial charge < -0.3 is 9.80 Å². The highest BCUT2D eigenvalue weighted by molar-refractivity contribution is 5.53. The summed E-state index contributed by atoms with van der Waals surface area (Å²) in [6.45, 7) is 4.37. The number of hydrogen-bond acceptors (Lipinski definition) is 5. The van der Waals surface area contributed by atoms with E-state index in [1.165, 1.54) is 42.0 Å². The average Bonchev–Trinajstić information content (AvgIpc) is 3.24. The number of aryl methyl sites for hydroxylation is 1. The van der Waals surface area contributed by atoms with Crippen LogP contribution in [0.25, 0.3) is 5.65 Å². The second kappa shape index (κ2) is 8.83. The molecule has 0 N–H and O–H groups in total. The van der Waals surface area contributed by atoms with Gasteiger partial charge in [-0.15, -0.1) is 0 Å². The van der Waals surface area contributed by atoms with Gasteiger partial charge in [0.1, 0.15) is 11.5 Å². The average molecular weight is 433 g/mol. The van der Waals surface area contributed by atoms with Crippen LogP contribution in [0.1, 0.15) is 61.1 Å². The summed E-state index contributed by atoms with van der Waals surface area (Å²) in [6, 6.07) is 12.1. The standard InChI is InChI=1S/C26H36N6/c1-19-8-7-15-27-26(19)23-10-5-9-22(30(23)4)21-18-32-24(28-21)11-6-12-25(32)31-16-13-20(14-17-31)29(2)3/h6-8,11-12,15,18,20,22-23H,5,9-10,13-14,16-17H2,1-4H3. The Hall–Kier alpha value is -2.44. The zero-order chi connectivity index (χ0) is 22.2. The zero-order valence-corrected chi connectivity index (χ0v) is 19.9. The predicted octanol–water partition coefficient (Wildman–Crippen LogP) is 4.47. The van der Waals surface area contributed by atoms with Crippen molar-refractivity contribution in [2.45, 2.75) is 57.2 Å². The van der Waals surface area contributed by atoms with E-state index in [1.807, 2.05) is 12.3 Å². The molecular weight excluding hydrogens is 396 g/mol. The van der Waals surface area contributed by atoms with E-state index in [9.17, 15) is 0 Å². The number of hydrogen-bond donors (Lipinski definition) is 0. The molecule has 32 heavy (non-hydrogen) atoms. The van der Waals surface area contributed by atoms with E-state index in [2.05, 4.69) is 77.6 Å². The molecule has 3 aromatic rings. The summed E-state index contributed by atoms with van der Waals surface area (Å²) in [5.41, 5.74) is 4.73. The van der Waals surface area contributed by atoms with Crippen LogP contribution < -0.4 is 4.90 Å². The van der Waals surface area contributed by atoms with Crippen molar-refractivity contribution in [1.29, 1.82) is 0 Å². The number of imidazole rings is 1. The minimum Gasteiger partial charge on any atom is -0.358 e. The van der Waals surface area contributed by atoms with Crippen LogP contribution in [-0.4, -0.2) is 64.4 Å². The first-order valence-electron chi connectivity index (χ1n) is 12.1. The topological polar surface area (TPSA) is 39.9 Å². The Labute approximate surface area is 191 Å². The molecule has 0 spiro atoms. The third kappa shape index (κ3) is 3.90. The second-order valence-corrected chi connectivity index (χ2v) is 9.79. The van der Waals surface area contributed by atoms with E-state index in [-0.39, 0.29) is 0 Å². The van der Waals surface area contributed by atoms with Gasteiger partial charge in [0.25, 0.3) is 0 Å². The Morgan fingerprint density at radius 2 is 1.75 bits per heavy atom. The summed E-state index contributed by atoms with van der Waals surface area (Å²) < 4.78 is 2.31. The van der Waals surface area contributed by atoms with Gasteiger partial charge in [0, 0.05) is 31.5 Å². The van der Waals surface area contributed by atoms with Gasteiger partial charge in [0.15, 0.2) is 0 Å². The van der Waals surface area contributed by atoms with E-state index >= 15 is 0 Å². The van der Waals surface area contributed by atoms with Crippen molar-refractivity contribution in [3.8, 4) is 0 Å². The molecule has 5 heterocycles. The number of pyridine rings is 2. The van der Waals surface area contributed by atoms with Gasteiger partial charge >= 0.3 is 0 Å². The normalized spacial score (nSPS) is 23.3. The van der Waals surface area contributed by atoms with Crippen LogP contribution in [0.15, 0.2) is 42.7 Å². The lowest BCUT2D eigenvalue weighted by Crippen LogP contribution is -2.42. The summed E-state index contributed by atoms with van der Waals surface area (Å²) in [5.74, 6) is 1.27. The molecule has 0 amide bonds. The molecular formula is C26H36N6. The van der Waals surface area contributed by atoms with Crippen molar-refractivity contribution in [2.24, 2.45) is 0 Å². The van der Waals surface area contributed by atoms with E-state index in [0.29, 0.717) is 18.1 Å². The lowest BCUT2D eigenvalue weighted by Gasteiger charge is -2.39. The van der Waals surface area contributed by atoms with Crippen LogP contribution in [0.3, 0.4) is 0 Å². The van der Waals surface area contributed by atoms with Crippen LogP contribution >= 0.6 is 0 Å². The molecule has 0 aliphatic carbocycles. The summed E-state index contributed by atoms with van der Waals surface area (Å²) in [6.07, 6.45) is 10.1. The van der Waals surface area contributed by atoms with Crippen molar-refractivity contribution in [1.82, 2.24) is 24.2 Å². The van der Waals surface area contributed by atoms with Gasteiger partial charge in [-0.3, -0.25) is 14.3 Å². The predicted molar refractivity (Wildman–Crippen MR) is 130 cm³/mol. The van der Waals surface area contributed by atoms with Crippen molar-refractivity contribution >= 4 is 11.5 Å². The first-order chi connectivity index (χ1) is 15.5. The molecule has 2 saturated heterocycles. The van der Waals surface area contributed by atoms with E-state index in [0.717, 1.165) is 31.6 Å². The lowest BCUT2D eigenvalue weighted by atomic mass is 9.91. The minimum absolute atomic E-state index is 0.322. The Bertz CT molecular complexity index is 1070. The van der Waals surface area contributed by atoms with E-state index < -0.39 is 0 Å². The molecule has 5 rings (SSSR count). The number of likely N-dealkylation sites (tertiary alicyclic amines) is 1. The molecule has 0 bridgehead atoms. The molecule has 0 aromatic carbocycles. The summed E-state index contributed by atoms with van der Waals surface area (Å²) >= 11 is 0. The second-order valence-electron chi connectivity index (χ2n) is 9.79. The Morgan fingerprint density at radius 3 is 2.50 bits per heavy atom. The number of aromatic nitrogens is 3. The monoisotopic (exact) mass is 432 g/mol. The maximum atomic E-state index is 5.10. The third-order valence-electron chi connectivity index (χ3n) is 7.65. The van der Waals surface area contributed by atoms with Crippen molar-refractivity contribution in [3.05, 3.63) is 59.7 Å². The highest BCUT2D eigenvalue weighted by Gasteiger charge is 2.33. The molecule has 2 aliphatic heterocycles. The molecule has 3 aromatic heterocycles. The van der Waals surface area contributed by atoms with Gasteiger partial charge in [0.05, 0.1) is 23.5 Å². The minimum atomic E-state index is 0.322. The quantitative estimate of drug-likeness (QED) is 0.608. The number of fused-ring (bicyclic) bond motifs is 1. The van der Waals surface area contributed by atoms with Crippen LogP contribution in [0.2, 0.25) is 0 Å². The van der Waals surface area contributed by atoms with Gasteiger partial charge in [-0.05, 0) is 83.9 Å². The molecule has 0 saturated carbocycles. The Morgan fingerprint density at radius 1 is 0.969 bits per heavy atom. The number of nitrogens with zero attached hydrogens (tertiary/aromatic N) is 6. The fraction of sp³-hybridized carbons (Fsp3) is 0.538. The Balaban J connectivity index is 1.42. The zero-order valence-electron chi connectivity index (χ0n) is 19.9. The van der Waals surface area contributed by atoms with Gasteiger partial charge in [-0.1, -0.05) is 12.1 Å². The number of rotatable bonds is 4. The molecule has 2 unspecified atom stereocenters. The van der Waals surface area contributed by atoms with Gasteiger partial charge in [0.2, 0.25) is 0 Å². The number of piperidine rings is 2. The van der Waals surface area contributed by atoms with Crippen LogP contribution in [-0.2, 0) is 0 Å². The summed E-state index contributed by atoms with van der Waals surface area (Å²) in [5, 5.41) is 0. The van der Waals surface area contributed by atoms with Crippen molar-refractivity contribution < 1.29 is 0 Å². The smallest absolute Gasteiger partial charge is 0.138 e. The summed E-state index contributed by atoms with van der Waals surface area (Å²) in [4.78, 5) is 17.2. The molecule has 6 heteroatoms. The van der Waals surface area contributed by atoms with Crippen molar-refractivity contribution in [2.75, 3.05) is 39.1 Å². The third-order valence-corrected chi connectivity index (χ3v) is 7.65. The van der Waals surface area contributed by atoms with Crippen LogP contribution in [0.4, 0.5) is 5.82 Å². The largest absolute Gasteiger partial charge is 0.358 e. The van der Waals surface area contributed by atoms with E-state index in [1.54, 1.807) is 0 Å². The highest BCUT2D eigenvalue weighted by Crippen LogP contribution is 2.40. The van der Waals surface area contributed by atoms with Crippen molar-refractivity contribution in [3.63, 3.8) is 0 Å². The fourth-order valence-corrected chi connectivity index (χ4v) is 5.71. The molecule has 2 fully saturated rings. The lowest BCUT2D eigenvalue weighted by molar-refractivity contribution is 0.109. The Kier molecular flexibility index (Phi) is 5.91. The first-order valence-corrected chi connectivity index (χ1v) is 12.1. The molecule has 2 aliphatic rings. The van der Waals surface area contributed by atoms with Crippen LogP contribution in [0.5, 0.6) is 0 Å². The molecule has 0 radical (unpaired) electrons. The highest BCUT2D eigenvalue weighted by atomic mass is 15.3. The van der Waals surface area contributed by atoms with Crippen LogP contribution in [0, 0.1) is 6.92 Å². The molecule has 6 nitrogen and oxygen atoms in total. The maximum absolute atomic E-state index is 5.10. The van der Waals surface area contributed by atoms with Gasteiger partial charge in [-0.25, -0.2) is 4.98 Å².